The Hall–Kier alpha value is -2.80. The summed E-state index contributed by atoms with van der Waals surface area (Å²) < 4.78 is 30.0. The first-order chi connectivity index (χ1) is 11.4. The van der Waals surface area contributed by atoms with Gasteiger partial charge >= 0.3 is 0 Å². The van der Waals surface area contributed by atoms with Crippen molar-refractivity contribution in [2.75, 3.05) is 22.9 Å². The van der Waals surface area contributed by atoms with E-state index in [0.717, 1.165) is 6.26 Å². The van der Waals surface area contributed by atoms with Gasteiger partial charge in [0, 0.05) is 16.9 Å². The molecule has 2 rings (SSSR count). The zero-order chi connectivity index (χ0) is 17.6. The zero-order valence-corrected chi connectivity index (χ0v) is 14.0. The Morgan fingerprint density at radius 1 is 1.08 bits per heavy atom. The van der Waals surface area contributed by atoms with Crippen molar-refractivity contribution in [3.8, 4) is 5.75 Å². The number of anilines is 2. The minimum Gasteiger partial charge on any atom is -0.490 e. The van der Waals surface area contributed by atoms with Gasteiger partial charge in [-0.15, -0.1) is 0 Å². The number of hydrogen-bond donors (Lipinski definition) is 2. The number of carbonyl (C=O) groups excluding carboxylic acids is 1. The first kappa shape index (κ1) is 17.6. The van der Waals surface area contributed by atoms with Gasteiger partial charge in [-0.3, -0.25) is 9.52 Å². The summed E-state index contributed by atoms with van der Waals surface area (Å²) in [7, 11) is -3.32. The van der Waals surface area contributed by atoms with Crippen molar-refractivity contribution in [3.63, 3.8) is 0 Å². The molecule has 2 aromatic carbocycles. The van der Waals surface area contributed by atoms with E-state index in [0.29, 0.717) is 29.3 Å². The number of nitrogens with one attached hydrogen (secondary N) is 2. The van der Waals surface area contributed by atoms with Crippen LogP contribution in [0.25, 0.3) is 0 Å². The van der Waals surface area contributed by atoms with Crippen LogP contribution in [0.1, 0.15) is 10.4 Å². The van der Waals surface area contributed by atoms with Crippen LogP contribution >= 0.6 is 0 Å². The summed E-state index contributed by atoms with van der Waals surface area (Å²) in [6, 6.07) is 13.1. The fourth-order valence-corrected chi connectivity index (χ4v) is 2.46. The van der Waals surface area contributed by atoms with Crippen molar-refractivity contribution in [1.29, 1.82) is 0 Å². The molecule has 0 aliphatic heterocycles. The van der Waals surface area contributed by atoms with E-state index in [1.807, 2.05) is 0 Å². The Kier molecular flexibility index (Phi) is 5.59. The molecule has 2 aromatic rings. The summed E-state index contributed by atoms with van der Waals surface area (Å²) in [5.41, 5.74) is 1.48. The van der Waals surface area contributed by atoms with Gasteiger partial charge in [-0.2, -0.15) is 0 Å². The second-order valence-corrected chi connectivity index (χ2v) is 6.78. The molecule has 0 atom stereocenters. The van der Waals surface area contributed by atoms with Crippen LogP contribution in [0.3, 0.4) is 0 Å². The predicted octanol–water partition coefficient (Wildman–Crippen LogP) is 2.88. The second-order valence-electron chi connectivity index (χ2n) is 5.03. The van der Waals surface area contributed by atoms with Gasteiger partial charge in [0.1, 0.15) is 12.4 Å². The molecule has 0 aromatic heterocycles. The predicted molar refractivity (Wildman–Crippen MR) is 95.0 cm³/mol. The lowest BCUT2D eigenvalue weighted by Gasteiger charge is -2.08. The lowest BCUT2D eigenvalue weighted by Crippen LogP contribution is -2.12. The second kappa shape index (κ2) is 7.65. The lowest BCUT2D eigenvalue weighted by atomic mass is 10.2. The molecule has 0 heterocycles. The average Bonchev–Trinajstić information content (AvgIpc) is 2.54. The van der Waals surface area contributed by atoms with Crippen LogP contribution in [0.4, 0.5) is 11.4 Å². The monoisotopic (exact) mass is 346 g/mol. The molecular weight excluding hydrogens is 328 g/mol. The molecule has 0 unspecified atom stereocenters. The van der Waals surface area contributed by atoms with Gasteiger partial charge in [-0.05, 0) is 48.5 Å². The molecule has 1 amide bonds. The number of hydrogen-bond acceptors (Lipinski definition) is 4. The average molecular weight is 346 g/mol. The highest BCUT2D eigenvalue weighted by Gasteiger charge is 2.07. The van der Waals surface area contributed by atoms with Crippen LogP contribution in [0, 0.1) is 0 Å². The number of sulfonamides is 1. The third-order valence-corrected chi connectivity index (χ3v) is 3.54. The summed E-state index contributed by atoms with van der Waals surface area (Å²) in [4.78, 5) is 12.2. The lowest BCUT2D eigenvalue weighted by molar-refractivity contribution is 0.102. The van der Waals surface area contributed by atoms with Crippen molar-refractivity contribution in [2.45, 2.75) is 0 Å². The van der Waals surface area contributed by atoms with Gasteiger partial charge in [-0.25, -0.2) is 8.42 Å². The van der Waals surface area contributed by atoms with Crippen LogP contribution in [-0.4, -0.2) is 27.2 Å². The van der Waals surface area contributed by atoms with Crippen LogP contribution in [-0.2, 0) is 10.0 Å². The highest BCUT2D eigenvalue weighted by atomic mass is 32.2. The molecule has 2 N–H and O–H groups in total. The van der Waals surface area contributed by atoms with Crippen LogP contribution < -0.4 is 14.8 Å². The van der Waals surface area contributed by atoms with E-state index in [-0.39, 0.29) is 5.91 Å². The topological polar surface area (TPSA) is 84.5 Å². The Labute approximate surface area is 141 Å². The summed E-state index contributed by atoms with van der Waals surface area (Å²) in [6.45, 7) is 3.97. The highest BCUT2D eigenvalue weighted by molar-refractivity contribution is 7.92. The molecule has 6 nitrogen and oxygen atoms in total. The maximum atomic E-state index is 12.2. The van der Waals surface area contributed by atoms with Crippen LogP contribution in [0.15, 0.2) is 61.2 Å². The smallest absolute Gasteiger partial charge is 0.255 e. The van der Waals surface area contributed by atoms with E-state index in [1.165, 1.54) is 0 Å². The third kappa shape index (κ3) is 5.44. The highest BCUT2D eigenvalue weighted by Crippen LogP contribution is 2.17. The molecule has 0 fully saturated rings. The SMILES string of the molecule is C=CCOc1ccc(C(=O)Nc2ccc(NS(C)(=O)=O)cc2)cc1. The van der Waals surface area contributed by atoms with E-state index in [2.05, 4.69) is 16.6 Å². The maximum absolute atomic E-state index is 12.2. The molecule has 0 spiro atoms. The van der Waals surface area contributed by atoms with Gasteiger partial charge in [0.2, 0.25) is 10.0 Å². The molecule has 24 heavy (non-hydrogen) atoms. The Morgan fingerprint density at radius 2 is 1.67 bits per heavy atom. The molecule has 0 saturated carbocycles. The Morgan fingerprint density at radius 3 is 2.21 bits per heavy atom. The molecular formula is C17H18N2O4S. The first-order valence-electron chi connectivity index (χ1n) is 7.10. The fourth-order valence-electron chi connectivity index (χ4n) is 1.90. The van der Waals surface area contributed by atoms with E-state index in [1.54, 1.807) is 54.6 Å². The van der Waals surface area contributed by atoms with Crippen molar-refractivity contribution in [1.82, 2.24) is 0 Å². The summed E-state index contributed by atoms with van der Waals surface area (Å²) in [6.07, 6.45) is 2.72. The van der Waals surface area contributed by atoms with Gasteiger partial charge in [0.05, 0.1) is 6.26 Å². The number of ether oxygens (including phenoxy) is 1. The minimum absolute atomic E-state index is 0.269. The van der Waals surface area contributed by atoms with E-state index >= 15 is 0 Å². The quantitative estimate of drug-likeness (QED) is 0.755. The van der Waals surface area contributed by atoms with Gasteiger partial charge in [-0.1, -0.05) is 12.7 Å². The fraction of sp³-hybridized carbons (Fsp3) is 0.118. The van der Waals surface area contributed by atoms with Crippen molar-refractivity contribution in [2.24, 2.45) is 0 Å². The molecule has 0 saturated heterocycles. The Bertz CT molecular complexity index is 813. The summed E-state index contributed by atoms with van der Waals surface area (Å²) >= 11 is 0. The van der Waals surface area contributed by atoms with Gasteiger partial charge in [0.25, 0.3) is 5.91 Å². The van der Waals surface area contributed by atoms with Crippen molar-refractivity contribution in [3.05, 3.63) is 66.7 Å². The van der Waals surface area contributed by atoms with E-state index < -0.39 is 10.0 Å². The first-order valence-corrected chi connectivity index (χ1v) is 8.99. The maximum Gasteiger partial charge on any atom is 0.255 e. The van der Waals surface area contributed by atoms with Gasteiger partial charge in [0.15, 0.2) is 0 Å². The minimum atomic E-state index is -3.32. The molecule has 0 aliphatic rings. The number of rotatable bonds is 7. The van der Waals surface area contributed by atoms with E-state index in [4.69, 9.17) is 4.74 Å². The van der Waals surface area contributed by atoms with Gasteiger partial charge < -0.3 is 10.1 Å². The molecule has 7 heteroatoms. The number of carbonyl (C=O) groups is 1. The molecule has 0 radical (unpaired) electrons. The Balaban J connectivity index is 2.00. The standard InChI is InChI=1S/C17H18N2O4S/c1-3-12-23-16-10-4-13(5-11-16)17(20)18-14-6-8-15(9-7-14)19-24(2,21)22/h3-11,19H,1,12H2,2H3,(H,18,20). The zero-order valence-electron chi connectivity index (χ0n) is 13.2. The van der Waals surface area contributed by atoms with Crippen LogP contribution in [0.5, 0.6) is 5.75 Å². The van der Waals surface area contributed by atoms with Crippen molar-refractivity contribution >= 4 is 27.3 Å². The largest absolute Gasteiger partial charge is 0.490 e. The number of benzene rings is 2. The van der Waals surface area contributed by atoms with Crippen molar-refractivity contribution < 1.29 is 17.9 Å². The molecule has 0 aliphatic carbocycles. The van der Waals surface area contributed by atoms with Crippen LogP contribution in [0.2, 0.25) is 0 Å². The summed E-state index contributed by atoms with van der Waals surface area (Å²) in [5, 5.41) is 2.74. The molecule has 126 valence electrons. The third-order valence-electron chi connectivity index (χ3n) is 2.93. The molecule has 0 bridgehead atoms. The van der Waals surface area contributed by atoms with E-state index in [9.17, 15) is 13.2 Å². The normalized spacial score (nSPS) is 10.7. The summed E-state index contributed by atoms with van der Waals surface area (Å²) in [5.74, 6) is 0.386. The number of amides is 1.